The summed E-state index contributed by atoms with van der Waals surface area (Å²) in [4.78, 5) is 10.6. The summed E-state index contributed by atoms with van der Waals surface area (Å²) in [6.07, 6.45) is 0. The first-order valence-corrected chi connectivity index (χ1v) is 6.52. The molecular weight excluding hydrogens is 252 g/mol. The van der Waals surface area contributed by atoms with Crippen LogP contribution in [0.1, 0.15) is 22.3 Å². The van der Waals surface area contributed by atoms with Gasteiger partial charge < -0.3 is 5.32 Å². The van der Waals surface area contributed by atoms with Crippen LogP contribution in [-0.4, -0.2) is 4.92 Å². The van der Waals surface area contributed by atoms with Crippen LogP contribution in [0.15, 0.2) is 36.4 Å². The van der Waals surface area contributed by atoms with E-state index < -0.39 is 0 Å². The number of aryl methyl sites for hydroxylation is 3. The van der Waals surface area contributed by atoms with Crippen molar-refractivity contribution in [1.82, 2.24) is 0 Å². The zero-order valence-electron chi connectivity index (χ0n) is 11.9. The van der Waals surface area contributed by atoms with Gasteiger partial charge in [-0.05, 0) is 43.5 Å². The fourth-order valence-electron chi connectivity index (χ4n) is 2.09. The Labute approximate surface area is 118 Å². The maximum Gasteiger partial charge on any atom is 0.272 e. The van der Waals surface area contributed by atoms with Gasteiger partial charge in [-0.2, -0.15) is 0 Å². The van der Waals surface area contributed by atoms with Crippen LogP contribution in [0.5, 0.6) is 0 Å². The molecule has 0 unspecified atom stereocenters. The van der Waals surface area contributed by atoms with E-state index in [0.29, 0.717) is 12.1 Å². The SMILES string of the molecule is Cc1ccc(C)c(NCc2ccc(C)c([N+](=O)[O-])c2)c1. The molecule has 0 amide bonds. The fraction of sp³-hybridized carbons (Fsp3) is 0.250. The van der Waals surface area contributed by atoms with Gasteiger partial charge in [-0.25, -0.2) is 0 Å². The normalized spacial score (nSPS) is 10.3. The van der Waals surface area contributed by atoms with Gasteiger partial charge in [0.15, 0.2) is 0 Å². The summed E-state index contributed by atoms with van der Waals surface area (Å²) in [5, 5.41) is 14.3. The number of nitro benzene ring substituents is 1. The summed E-state index contributed by atoms with van der Waals surface area (Å²) in [6.45, 7) is 6.41. The van der Waals surface area contributed by atoms with E-state index >= 15 is 0 Å². The summed E-state index contributed by atoms with van der Waals surface area (Å²) in [6, 6.07) is 11.6. The second-order valence-electron chi connectivity index (χ2n) is 5.05. The second-order valence-corrected chi connectivity index (χ2v) is 5.05. The molecule has 2 aromatic rings. The van der Waals surface area contributed by atoms with Crippen molar-refractivity contribution in [2.45, 2.75) is 27.3 Å². The Balaban J connectivity index is 2.17. The van der Waals surface area contributed by atoms with Crippen LogP contribution in [0.4, 0.5) is 11.4 Å². The lowest BCUT2D eigenvalue weighted by Crippen LogP contribution is -2.02. The minimum Gasteiger partial charge on any atom is -0.381 e. The lowest BCUT2D eigenvalue weighted by atomic mass is 10.1. The second kappa shape index (κ2) is 5.74. The van der Waals surface area contributed by atoms with Crippen LogP contribution in [0.3, 0.4) is 0 Å². The van der Waals surface area contributed by atoms with Gasteiger partial charge in [0.25, 0.3) is 5.69 Å². The average molecular weight is 270 g/mol. The van der Waals surface area contributed by atoms with Crippen molar-refractivity contribution in [3.63, 3.8) is 0 Å². The molecule has 0 saturated carbocycles. The standard InChI is InChI=1S/C16H18N2O2/c1-11-4-5-12(2)15(8-11)17-10-14-7-6-13(3)16(9-14)18(19)20/h4-9,17H,10H2,1-3H3. The van der Waals surface area contributed by atoms with E-state index in [2.05, 4.69) is 23.5 Å². The van der Waals surface area contributed by atoms with Crippen molar-refractivity contribution in [2.75, 3.05) is 5.32 Å². The van der Waals surface area contributed by atoms with Crippen LogP contribution in [-0.2, 0) is 6.54 Å². The van der Waals surface area contributed by atoms with E-state index in [4.69, 9.17) is 0 Å². The first-order valence-electron chi connectivity index (χ1n) is 6.52. The van der Waals surface area contributed by atoms with Crippen molar-refractivity contribution in [3.05, 3.63) is 68.8 Å². The highest BCUT2D eigenvalue weighted by atomic mass is 16.6. The monoisotopic (exact) mass is 270 g/mol. The molecule has 0 bridgehead atoms. The molecule has 0 aromatic heterocycles. The van der Waals surface area contributed by atoms with Gasteiger partial charge >= 0.3 is 0 Å². The molecule has 0 aliphatic carbocycles. The molecule has 0 atom stereocenters. The van der Waals surface area contributed by atoms with E-state index in [0.717, 1.165) is 16.8 Å². The number of hydrogen-bond donors (Lipinski definition) is 1. The van der Waals surface area contributed by atoms with E-state index in [9.17, 15) is 10.1 Å². The molecule has 1 N–H and O–H groups in total. The number of hydrogen-bond acceptors (Lipinski definition) is 3. The Morgan fingerprint density at radius 1 is 1.05 bits per heavy atom. The maximum atomic E-state index is 10.9. The van der Waals surface area contributed by atoms with Crippen molar-refractivity contribution < 1.29 is 4.92 Å². The van der Waals surface area contributed by atoms with Gasteiger partial charge in [-0.15, -0.1) is 0 Å². The third-order valence-corrected chi connectivity index (χ3v) is 3.35. The Kier molecular flexibility index (Phi) is 4.03. The third kappa shape index (κ3) is 3.15. The summed E-state index contributed by atoms with van der Waals surface area (Å²) in [7, 11) is 0. The summed E-state index contributed by atoms with van der Waals surface area (Å²) in [5.74, 6) is 0. The number of rotatable bonds is 4. The molecule has 0 aliphatic heterocycles. The zero-order valence-corrected chi connectivity index (χ0v) is 11.9. The van der Waals surface area contributed by atoms with Crippen molar-refractivity contribution in [3.8, 4) is 0 Å². The van der Waals surface area contributed by atoms with Crippen LogP contribution >= 0.6 is 0 Å². The van der Waals surface area contributed by atoms with Crippen LogP contribution < -0.4 is 5.32 Å². The summed E-state index contributed by atoms with van der Waals surface area (Å²) < 4.78 is 0. The summed E-state index contributed by atoms with van der Waals surface area (Å²) >= 11 is 0. The topological polar surface area (TPSA) is 55.2 Å². The largest absolute Gasteiger partial charge is 0.381 e. The predicted molar refractivity (Wildman–Crippen MR) is 81.1 cm³/mol. The van der Waals surface area contributed by atoms with Crippen LogP contribution in [0, 0.1) is 30.9 Å². The average Bonchev–Trinajstić information content (AvgIpc) is 2.41. The highest BCUT2D eigenvalue weighted by molar-refractivity contribution is 5.53. The smallest absolute Gasteiger partial charge is 0.272 e. The molecule has 104 valence electrons. The van der Waals surface area contributed by atoms with Gasteiger partial charge in [-0.1, -0.05) is 24.3 Å². The first-order chi connectivity index (χ1) is 9.47. The zero-order chi connectivity index (χ0) is 14.7. The molecule has 0 fully saturated rings. The Bertz CT molecular complexity index is 651. The van der Waals surface area contributed by atoms with Crippen LogP contribution in [0.25, 0.3) is 0 Å². The molecule has 0 saturated heterocycles. The van der Waals surface area contributed by atoms with Crippen molar-refractivity contribution in [1.29, 1.82) is 0 Å². The van der Waals surface area contributed by atoms with Gasteiger partial charge in [0.2, 0.25) is 0 Å². The van der Waals surface area contributed by atoms with E-state index in [-0.39, 0.29) is 10.6 Å². The Hall–Kier alpha value is -2.36. The Morgan fingerprint density at radius 2 is 1.75 bits per heavy atom. The van der Waals surface area contributed by atoms with Gasteiger partial charge in [0, 0.05) is 23.9 Å². The molecule has 0 heterocycles. The van der Waals surface area contributed by atoms with Gasteiger partial charge in [-0.3, -0.25) is 10.1 Å². The minimum absolute atomic E-state index is 0.172. The van der Waals surface area contributed by atoms with E-state index in [1.165, 1.54) is 5.56 Å². The molecule has 20 heavy (non-hydrogen) atoms. The van der Waals surface area contributed by atoms with Gasteiger partial charge in [0.1, 0.15) is 0 Å². The predicted octanol–water partition coefficient (Wildman–Crippen LogP) is 4.13. The maximum absolute atomic E-state index is 10.9. The van der Waals surface area contributed by atoms with Crippen molar-refractivity contribution >= 4 is 11.4 Å². The molecule has 2 aromatic carbocycles. The Morgan fingerprint density at radius 3 is 2.45 bits per heavy atom. The molecule has 2 rings (SSSR count). The van der Waals surface area contributed by atoms with Gasteiger partial charge in [0.05, 0.1) is 4.92 Å². The van der Waals surface area contributed by atoms with Crippen molar-refractivity contribution in [2.24, 2.45) is 0 Å². The minimum atomic E-state index is -0.337. The lowest BCUT2D eigenvalue weighted by molar-refractivity contribution is -0.385. The third-order valence-electron chi connectivity index (χ3n) is 3.35. The summed E-state index contributed by atoms with van der Waals surface area (Å²) in [5.41, 5.74) is 5.18. The number of nitro groups is 1. The number of nitrogens with zero attached hydrogens (tertiary/aromatic N) is 1. The molecule has 4 heteroatoms. The highest BCUT2D eigenvalue weighted by Crippen LogP contribution is 2.21. The molecule has 0 radical (unpaired) electrons. The quantitative estimate of drug-likeness (QED) is 0.671. The first kappa shape index (κ1) is 14.1. The number of anilines is 1. The molecule has 0 aliphatic rings. The fourth-order valence-corrected chi connectivity index (χ4v) is 2.09. The molecule has 4 nitrogen and oxygen atoms in total. The molecule has 0 spiro atoms. The number of nitrogens with one attached hydrogen (secondary N) is 1. The van der Waals surface area contributed by atoms with Crippen LogP contribution in [0.2, 0.25) is 0 Å². The van der Waals surface area contributed by atoms with E-state index in [1.807, 2.05) is 19.9 Å². The highest BCUT2D eigenvalue weighted by Gasteiger charge is 2.10. The molecular formula is C16H18N2O2. The lowest BCUT2D eigenvalue weighted by Gasteiger charge is -2.11. The van der Waals surface area contributed by atoms with E-state index in [1.54, 1.807) is 19.1 Å². The number of benzene rings is 2.